The largest absolute Gasteiger partial charge is 0.396 e. The van der Waals surface area contributed by atoms with E-state index in [0.717, 1.165) is 12.1 Å². The van der Waals surface area contributed by atoms with Crippen molar-refractivity contribution in [3.05, 3.63) is 23.5 Å². The van der Waals surface area contributed by atoms with E-state index in [9.17, 15) is 22.0 Å². The van der Waals surface area contributed by atoms with E-state index < -0.39 is 45.5 Å². The number of halogens is 2. The molecular weight excluding hydrogens is 280 g/mol. The van der Waals surface area contributed by atoms with Crippen LogP contribution in [0.3, 0.4) is 0 Å². The number of sulfonamides is 1. The summed E-state index contributed by atoms with van der Waals surface area (Å²) < 4.78 is 50.5. The molecule has 0 aliphatic heterocycles. The van der Waals surface area contributed by atoms with Crippen LogP contribution >= 0.6 is 0 Å². The molecule has 1 amide bonds. The molecule has 0 spiro atoms. The number of nitrogens with one attached hydrogen (secondary N) is 1. The fourth-order valence-corrected chi connectivity index (χ4v) is 2.43. The van der Waals surface area contributed by atoms with Gasteiger partial charge in [0.1, 0.15) is 0 Å². The highest BCUT2D eigenvalue weighted by molar-refractivity contribution is 7.92. The zero-order valence-electron chi connectivity index (χ0n) is 9.82. The molecule has 0 aliphatic carbocycles. The molecule has 0 aliphatic rings. The van der Waals surface area contributed by atoms with Gasteiger partial charge in [0.05, 0.1) is 29.4 Å². The Morgan fingerprint density at radius 3 is 2.53 bits per heavy atom. The third-order valence-electron chi connectivity index (χ3n) is 2.26. The van der Waals surface area contributed by atoms with E-state index in [1.54, 1.807) is 0 Å². The van der Waals surface area contributed by atoms with Crippen LogP contribution < -0.4 is 16.2 Å². The van der Waals surface area contributed by atoms with E-state index in [4.69, 9.17) is 11.5 Å². The second-order valence-electron chi connectivity index (χ2n) is 3.72. The first-order valence-corrected chi connectivity index (χ1v) is 6.88. The van der Waals surface area contributed by atoms with Crippen molar-refractivity contribution in [3.8, 4) is 0 Å². The highest BCUT2D eigenvalue weighted by Gasteiger charge is 2.18. The van der Waals surface area contributed by atoms with Gasteiger partial charge in [0.15, 0.2) is 5.82 Å². The Bertz CT molecular complexity index is 590. The number of nitrogen functional groups attached to an aromatic ring is 1. The molecule has 0 bridgehead atoms. The van der Waals surface area contributed by atoms with Crippen LogP contribution in [0.4, 0.5) is 20.2 Å². The maximum absolute atomic E-state index is 13.7. The number of primary amides is 1. The summed E-state index contributed by atoms with van der Waals surface area (Å²) in [6, 6.07) is 2.13. The summed E-state index contributed by atoms with van der Waals surface area (Å²) in [6.45, 7) is -0.799. The summed E-state index contributed by atoms with van der Waals surface area (Å²) in [5.74, 6) is -2.51. The van der Waals surface area contributed by atoms with Crippen molar-refractivity contribution in [2.75, 3.05) is 22.9 Å². The van der Waals surface area contributed by atoms with Crippen LogP contribution in [0.2, 0.25) is 0 Å². The van der Waals surface area contributed by atoms with Crippen molar-refractivity contribution < 1.29 is 22.0 Å². The second kappa shape index (κ2) is 5.83. The summed E-state index contributed by atoms with van der Waals surface area (Å²) >= 11 is 0. The first-order chi connectivity index (χ1) is 8.78. The average molecular weight is 293 g/mol. The predicted molar refractivity (Wildman–Crippen MR) is 67.3 cm³/mol. The number of hydrogen-bond donors (Lipinski definition) is 3. The molecule has 0 unspecified atom stereocenters. The molecule has 0 heterocycles. The van der Waals surface area contributed by atoms with Crippen molar-refractivity contribution >= 4 is 27.3 Å². The molecule has 0 radical (unpaired) electrons. The third-order valence-corrected chi connectivity index (χ3v) is 3.61. The molecule has 0 saturated heterocycles. The van der Waals surface area contributed by atoms with Crippen LogP contribution in [0.25, 0.3) is 0 Å². The van der Waals surface area contributed by atoms with Gasteiger partial charge in [-0.05, 0) is 18.6 Å². The van der Waals surface area contributed by atoms with E-state index in [1.807, 2.05) is 4.72 Å². The van der Waals surface area contributed by atoms with E-state index in [0.29, 0.717) is 0 Å². The Morgan fingerprint density at radius 2 is 2.00 bits per heavy atom. The van der Waals surface area contributed by atoms with Crippen LogP contribution in [0.1, 0.15) is 16.8 Å². The summed E-state index contributed by atoms with van der Waals surface area (Å²) in [5, 5.41) is 0. The predicted octanol–water partition coefficient (Wildman–Crippen LogP) is 0.608. The van der Waals surface area contributed by atoms with E-state index >= 15 is 0 Å². The Balaban J connectivity index is 3.04. The van der Waals surface area contributed by atoms with Crippen molar-refractivity contribution in [1.29, 1.82) is 0 Å². The number of hydrogen-bond acceptors (Lipinski definition) is 4. The zero-order chi connectivity index (χ0) is 14.6. The molecule has 1 rings (SSSR count). The van der Waals surface area contributed by atoms with Crippen LogP contribution in [-0.2, 0) is 10.0 Å². The molecule has 1 aromatic rings. The SMILES string of the molecule is NC(=O)c1ccc(NS(=O)(=O)CCCF)c(F)c1N. The summed E-state index contributed by atoms with van der Waals surface area (Å²) in [7, 11) is -3.87. The lowest BCUT2D eigenvalue weighted by Gasteiger charge is -2.11. The zero-order valence-corrected chi connectivity index (χ0v) is 10.6. The normalized spacial score (nSPS) is 11.3. The van der Waals surface area contributed by atoms with Crippen molar-refractivity contribution in [3.63, 3.8) is 0 Å². The van der Waals surface area contributed by atoms with Gasteiger partial charge in [-0.1, -0.05) is 0 Å². The minimum Gasteiger partial charge on any atom is -0.396 e. The standard InChI is InChI=1S/C10H13F2N3O3S/c11-4-1-5-19(17,18)15-7-3-2-6(10(14)16)9(13)8(7)12/h2-3,15H,1,4-5,13H2,(H2,14,16). The van der Waals surface area contributed by atoms with E-state index in [1.165, 1.54) is 0 Å². The number of anilines is 2. The monoisotopic (exact) mass is 293 g/mol. The topological polar surface area (TPSA) is 115 Å². The highest BCUT2D eigenvalue weighted by atomic mass is 32.2. The van der Waals surface area contributed by atoms with Crippen LogP contribution in [0.15, 0.2) is 12.1 Å². The lowest BCUT2D eigenvalue weighted by molar-refractivity contribution is 0.100. The van der Waals surface area contributed by atoms with Gasteiger partial charge < -0.3 is 11.5 Å². The number of benzene rings is 1. The Labute approximate surface area is 108 Å². The third kappa shape index (κ3) is 3.78. The Kier molecular flexibility index (Phi) is 4.65. The lowest BCUT2D eigenvalue weighted by atomic mass is 10.1. The number of alkyl halides is 1. The molecule has 6 nitrogen and oxygen atoms in total. The number of carbonyl (C=O) groups is 1. The van der Waals surface area contributed by atoms with Gasteiger partial charge in [-0.2, -0.15) is 0 Å². The average Bonchev–Trinajstić information content (AvgIpc) is 2.32. The van der Waals surface area contributed by atoms with Crippen molar-refractivity contribution in [2.45, 2.75) is 6.42 Å². The van der Waals surface area contributed by atoms with Gasteiger partial charge in [-0.15, -0.1) is 0 Å². The van der Waals surface area contributed by atoms with Crippen LogP contribution in [0.5, 0.6) is 0 Å². The quantitative estimate of drug-likeness (QED) is 0.666. The van der Waals surface area contributed by atoms with Gasteiger partial charge in [-0.3, -0.25) is 13.9 Å². The molecule has 0 aromatic heterocycles. The van der Waals surface area contributed by atoms with Gasteiger partial charge in [0.25, 0.3) is 5.91 Å². The molecule has 0 saturated carbocycles. The van der Waals surface area contributed by atoms with Crippen molar-refractivity contribution in [1.82, 2.24) is 0 Å². The lowest BCUT2D eigenvalue weighted by Crippen LogP contribution is -2.20. The minimum absolute atomic E-state index is 0.203. The molecule has 5 N–H and O–H groups in total. The van der Waals surface area contributed by atoms with Crippen LogP contribution in [-0.4, -0.2) is 26.8 Å². The minimum atomic E-state index is -3.87. The fourth-order valence-electron chi connectivity index (χ4n) is 1.35. The van der Waals surface area contributed by atoms with E-state index in [2.05, 4.69) is 0 Å². The van der Waals surface area contributed by atoms with Crippen LogP contribution in [0, 0.1) is 5.82 Å². The number of rotatable bonds is 6. The van der Waals surface area contributed by atoms with Crippen molar-refractivity contribution in [2.24, 2.45) is 5.73 Å². The smallest absolute Gasteiger partial charge is 0.250 e. The maximum atomic E-state index is 13.7. The Hall–Kier alpha value is -1.90. The Morgan fingerprint density at radius 1 is 1.37 bits per heavy atom. The number of nitrogens with two attached hydrogens (primary N) is 2. The van der Waals surface area contributed by atoms with Gasteiger partial charge in [-0.25, -0.2) is 12.8 Å². The molecule has 9 heteroatoms. The second-order valence-corrected chi connectivity index (χ2v) is 5.56. The molecule has 0 fully saturated rings. The van der Waals surface area contributed by atoms with E-state index in [-0.39, 0.29) is 12.0 Å². The molecule has 0 atom stereocenters. The molecule has 1 aromatic carbocycles. The summed E-state index contributed by atoms with van der Waals surface area (Å²) in [4.78, 5) is 10.9. The fraction of sp³-hybridized carbons (Fsp3) is 0.300. The summed E-state index contributed by atoms with van der Waals surface area (Å²) in [5.41, 5.74) is 9.09. The van der Waals surface area contributed by atoms with Gasteiger partial charge in [0.2, 0.25) is 10.0 Å². The van der Waals surface area contributed by atoms with Gasteiger partial charge >= 0.3 is 0 Å². The molecule has 106 valence electrons. The molecular formula is C10H13F2N3O3S. The number of amides is 1. The maximum Gasteiger partial charge on any atom is 0.250 e. The highest BCUT2D eigenvalue weighted by Crippen LogP contribution is 2.24. The molecule has 19 heavy (non-hydrogen) atoms. The first-order valence-electron chi connectivity index (χ1n) is 5.22. The van der Waals surface area contributed by atoms with Gasteiger partial charge in [0, 0.05) is 0 Å². The first kappa shape index (κ1) is 15.2. The number of carbonyl (C=O) groups excluding carboxylic acids is 1. The summed E-state index contributed by atoms with van der Waals surface area (Å²) in [6.07, 6.45) is -0.203.